The summed E-state index contributed by atoms with van der Waals surface area (Å²) >= 11 is 0. The molecule has 6 heteroatoms. The van der Waals surface area contributed by atoms with E-state index in [1.807, 2.05) is 0 Å². The van der Waals surface area contributed by atoms with Crippen LogP contribution in [0.2, 0.25) is 0 Å². The lowest BCUT2D eigenvalue weighted by Crippen LogP contribution is -2.36. The fourth-order valence-electron chi connectivity index (χ4n) is 0.942. The fraction of sp³-hybridized carbons (Fsp3) is 0.800. The lowest BCUT2D eigenvalue weighted by Gasteiger charge is -2.14. The van der Waals surface area contributed by atoms with Crippen molar-refractivity contribution < 1.29 is 8.78 Å². The van der Waals surface area contributed by atoms with Crippen molar-refractivity contribution >= 4 is 18.4 Å². The monoisotopic (exact) mass is 185 g/mol. The Morgan fingerprint density at radius 1 is 1.55 bits per heavy atom. The number of guanidine groups is 1. The third-order valence-corrected chi connectivity index (χ3v) is 1.51. The first-order valence-corrected chi connectivity index (χ1v) is 2.98. The van der Waals surface area contributed by atoms with Gasteiger partial charge >= 0.3 is 0 Å². The summed E-state index contributed by atoms with van der Waals surface area (Å²) in [6, 6.07) is 0. The lowest BCUT2D eigenvalue weighted by molar-refractivity contribution is 0.0174. The first-order valence-electron chi connectivity index (χ1n) is 2.98. The topological polar surface area (TPSA) is 53.1 Å². The summed E-state index contributed by atoms with van der Waals surface area (Å²) < 4.78 is 24.7. The average Bonchev–Trinajstić information content (AvgIpc) is 2.10. The highest BCUT2D eigenvalue weighted by Gasteiger charge is 2.38. The molecule has 0 bridgehead atoms. The van der Waals surface area contributed by atoms with Gasteiger partial charge in [-0.25, -0.2) is 8.78 Å². The van der Waals surface area contributed by atoms with E-state index in [1.165, 1.54) is 4.90 Å². The molecular weight excluding hydrogens is 176 g/mol. The Hall–Kier alpha value is -0.580. The Labute approximate surface area is 69.5 Å². The van der Waals surface area contributed by atoms with Gasteiger partial charge in [0.15, 0.2) is 5.96 Å². The predicted octanol–water partition coefficient (Wildman–Crippen LogP) is 0.643. The molecule has 0 aliphatic carbocycles. The maximum absolute atomic E-state index is 12.4. The zero-order chi connectivity index (χ0) is 7.78. The molecule has 1 saturated heterocycles. The molecule has 1 rings (SSSR count). The maximum Gasteiger partial charge on any atom is 0.267 e. The van der Waals surface area contributed by atoms with Crippen molar-refractivity contribution in [3.8, 4) is 0 Å². The van der Waals surface area contributed by atoms with E-state index in [1.54, 1.807) is 0 Å². The number of hydrogen-bond donors (Lipinski definition) is 2. The summed E-state index contributed by atoms with van der Waals surface area (Å²) in [7, 11) is 0. The summed E-state index contributed by atoms with van der Waals surface area (Å²) in [5, 5.41) is 6.84. The van der Waals surface area contributed by atoms with Crippen molar-refractivity contribution in [2.45, 2.75) is 12.3 Å². The number of nitrogens with one attached hydrogen (secondary N) is 1. The van der Waals surface area contributed by atoms with Crippen LogP contribution in [-0.2, 0) is 0 Å². The van der Waals surface area contributed by atoms with E-state index in [4.69, 9.17) is 11.1 Å². The van der Waals surface area contributed by atoms with Gasteiger partial charge in [0.25, 0.3) is 5.92 Å². The second-order valence-electron chi connectivity index (χ2n) is 2.41. The standard InChI is InChI=1S/C5H9F2N3.ClH/c6-5(7)1-2-10(3-5)4(8)9;/h1-3H2,(H3,8,9);1H. The summed E-state index contributed by atoms with van der Waals surface area (Å²) in [6.07, 6.45) is -0.188. The van der Waals surface area contributed by atoms with Crippen molar-refractivity contribution in [3.05, 3.63) is 0 Å². The molecule has 0 radical (unpaired) electrons. The smallest absolute Gasteiger partial charge is 0.267 e. The molecule has 0 aromatic rings. The highest BCUT2D eigenvalue weighted by Crippen LogP contribution is 2.25. The van der Waals surface area contributed by atoms with E-state index in [0.29, 0.717) is 0 Å². The van der Waals surface area contributed by atoms with Crippen LogP contribution in [0.25, 0.3) is 0 Å². The average molecular weight is 186 g/mol. The Morgan fingerprint density at radius 2 is 2.09 bits per heavy atom. The highest BCUT2D eigenvalue weighted by molar-refractivity contribution is 5.85. The first kappa shape index (κ1) is 10.4. The molecule has 0 atom stereocenters. The number of nitrogens with zero attached hydrogens (tertiary/aromatic N) is 1. The summed E-state index contributed by atoms with van der Waals surface area (Å²) in [6.45, 7) is -0.204. The molecule has 1 heterocycles. The van der Waals surface area contributed by atoms with Crippen LogP contribution in [0, 0.1) is 5.41 Å². The summed E-state index contributed by atoms with van der Waals surface area (Å²) in [5.41, 5.74) is 4.99. The van der Waals surface area contributed by atoms with E-state index >= 15 is 0 Å². The van der Waals surface area contributed by atoms with Crippen LogP contribution in [0.1, 0.15) is 6.42 Å². The Morgan fingerprint density at radius 3 is 2.27 bits per heavy atom. The van der Waals surface area contributed by atoms with Crippen LogP contribution in [0.15, 0.2) is 0 Å². The van der Waals surface area contributed by atoms with Gasteiger partial charge in [0.05, 0.1) is 6.54 Å². The quantitative estimate of drug-likeness (QED) is 0.430. The number of hydrogen-bond acceptors (Lipinski definition) is 1. The summed E-state index contributed by atoms with van der Waals surface area (Å²) in [5.74, 6) is -2.91. The molecule has 3 N–H and O–H groups in total. The lowest BCUT2D eigenvalue weighted by atomic mass is 10.3. The summed E-state index contributed by atoms with van der Waals surface area (Å²) in [4.78, 5) is 1.17. The van der Waals surface area contributed by atoms with Crippen molar-refractivity contribution in [2.75, 3.05) is 13.1 Å². The SMILES string of the molecule is Cl.N=C(N)N1CCC(F)(F)C1. The van der Waals surface area contributed by atoms with Gasteiger partial charge in [0.2, 0.25) is 0 Å². The van der Waals surface area contributed by atoms with Gasteiger partial charge in [0, 0.05) is 13.0 Å². The zero-order valence-electron chi connectivity index (χ0n) is 5.81. The molecule has 11 heavy (non-hydrogen) atoms. The molecule has 0 aromatic heterocycles. The minimum absolute atomic E-state index is 0. The molecule has 1 aliphatic heterocycles. The third-order valence-electron chi connectivity index (χ3n) is 1.51. The predicted molar refractivity (Wildman–Crippen MR) is 40.3 cm³/mol. The van der Waals surface area contributed by atoms with E-state index in [2.05, 4.69) is 0 Å². The minimum Gasteiger partial charge on any atom is -0.370 e. The van der Waals surface area contributed by atoms with E-state index < -0.39 is 12.5 Å². The van der Waals surface area contributed by atoms with E-state index in [0.717, 1.165) is 0 Å². The molecule has 0 unspecified atom stereocenters. The van der Waals surface area contributed by atoms with Crippen LogP contribution in [-0.4, -0.2) is 29.9 Å². The van der Waals surface area contributed by atoms with Crippen LogP contribution < -0.4 is 5.73 Å². The maximum atomic E-state index is 12.4. The largest absolute Gasteiger partial charge is 0.370 e. The number of halogens is 3. The van der Waals surface area contributed by atoms with E-state index in [-0.39, 0.29) is 31.3 Å². The van der Waals surface area contributed by atoms with Crippen molar-refractivity contribution in [2.24, 2.45) is 5.73 Å². The van der Waals surface area contributed by atoms with Gasteiger partial charge in [-0.2, -0.15) is 0 Å². The fourth-order valence-corrected chi connectivity index (χ4v) is 0.942. The van der Waals surface area contributed by atoms with Gasteiger partial charge in [-0.05, 0) is 0 Å². The van der Waals surface area contributed by atoms with Crippen molar-refractivity contribution in [3.63, 3.8) is 0 Å². The molecule has 0 spiro atoms. The normalized spacial score (nSPS) is 21.1. The number of rotatable bonds is 0. The van der Waals surface area contributed by atoms with Crippen LogP contribution >= 0.6 is 12.4 Å². The Balaban J connectivity index is 0.000001000. The number of likely N-dealkylation sites (tertiary alicyclic amines) is 1. The molecule has 0 amide bonds. The molecule has 0 saturated carbocycles. The molecular formula is C5H10ClF2N3. The number of alkyl halides is 2. The number of nitrogens with two attached hydrogens (primary N) is 1. The van der Waals surface area contributed by atoms with Crippen LogP contribution in [0.4, 0.5) is 8.78 Å². The second kappa shape index (κ2) is 3.21. The van der Waals surface area contributed by atoms with Gasteiger partial charge in [-0.15, -0.1) is 12.4 Å². The van der Waals surface area contributed by atoms with Crippen molar-refractivity contribution in [1.29, 1.82) is 5.41 Å². The van der Waals surface area contributed by atoms with Gasteiger partial charge in [-0.3, -0.25) is 5.41 Å². The molecule has 3 nitrogen and oxygen atoms in total. The Bertz CT molecular complexity index is 162. The third kappa shape index (κ3) is 2.49. The van der Waals surface area contributed by atoms with Gasteiger partial charge in [0.1, 0.15) is 0 Å². The molecule has 1 fully saturated rings. The van der Waals surface area contributed by atoms with Crippen molar-refractivity contribution in [1.82, 2.24) is 4.90 Å². The van der Waals surface area contributed by atoms with Gasteiger partial charge < -0.3 is 10.6 Å². The Kier molecular flexibility index (Phi) is 3.04. The van der Waals surface area contributed by atoms with Crippen LogP contribution in [0.5, 0.6) is 0 Å². The first-order chi connectivity index (χ1) is 4.51. The minimum atomic E-state index is -2.65. The van der Waals surface area contributed by atoms with Gasteiger partial charge in [-0.1, -0.05) is 0 Å². The second-order valence-corrected chi connectivity index (χ2v) is 2.41. The molecule has 1 aliphatic rings. The highest BCUT2D eigenvalue weighted by atomic mass is 35.5. The molecule has 0 aromatic carbocycles. The molecule has 66 valence electrons. The van der Waals surface area contributed by atoms with Crippen LogP contribution in [0.3, 0.4) is 0 Å². The zero-order valence-corrected chi connectivity index (χ0v) is 6.63. The van der Waals surface area contributed by atoms with E-state index in [9.17, 15) is 8.78 Å².